The van der Waals surface area contributed by atoms with Crippen LogP contribution in [0.3, 0.4) is 0 Å². The van der Waals surface area contributed by atoms with E-state index in [2.05, 4.69) is 34.1 Å². The van der Waals surface area contributed by atoms with Crippen molar-refractivity contribution >= 4 is 11.7 Å². The number of carbonyl (C=O) groups excluding carboxylic acids is 1. The molecule has 0 unspecified atom stereocenters. The summed E-state index contributed by atoms with van der Waals surface area (Å²) in [6.45, 7) is 2.68. The second kappa shape index (κ2) is 7.70. The first-order valence-corrected chi connectivity index (χ1v) is 8.79. The average Bonchev–Trinajstić information content (AvgIpc) is 2.69. The Balaban J connectivity index is 1.74. The van der Waals surface area contributed by atoms with Crippen LogP contribution in [0.4, 0.5) is 5.69 Å². The number of benzene rings is 2. The van der Waals surface area contributed by atoms with Crippen molar-refractivity contribution in [1.82, 2.24) is 4.90 Å². The Morgan fingerprint density at radius 2 is 1.60 bits per heavy atom. The quantitative estimate of drug-likeness (QED) is 0.783. The van der Waals surface area contributed by atoms with Crippen LogP contribution >= 0.6 is 0 Å². The number of ether oxygens (including phenoxy) is 1. The molecular formula is C21H26N2O2. The highest BCUT2D eigenvalue weighted by molar-refractivity contribution is 5.85. The number of hydrogen-bond donors (Lipinski definition) is 0. The SMILES string of the molecule is COC(=O)C1(N(C)c2ccccc2)CCN(Cc2ccccc2)CC1. The Labute approximate surface area is 150 Å². The van der Waals surface area contributed by atoms with Crippen molar-refractivity contribution < 1.29 is 9.53 Å². The molecule has 1 fully saturated rings. The lowest BCUT2D eigenvalue weighted by Gasteiger charge is -2.46. The Morgan fingerprint density at radius 3 is 2.16 bits per heavy atom. The van der Waals surface area contributed by atoms with E-state index >= 15 is 0 Å². The molecule has 132 valence electrons. The van der Waals surface area contributed by atoms with Crippen LogP contribution in [0.25, 0.3) is 0 Å². The zero-order valence-corrected chi connectivity index (χ0v) is 15.0. The Kier molecular flexibility index (Phi) is 5.39. The van der Waals surface area contributed by atoms with Gasteiger partial charge in [-0.15, -0.1) is 0 Å². The third kappa shape index (κ3) is 3.69. The lowest BCUT2D eigenvalue weighted by atomic mass is 9.85. The summed E-state index contributed by atoms with van der Waals surface area (Å²) in [7, 11) is 3.48. The first-order valence-electron chi connectivity index (χ1n) is 8.79. The van der Waals surface area contributed by atoms with Gasteiger partial charge in [0.05, 0.1) is 7.11 Å². The van der Waals surface area contributed by atoms with E-state index in [0.29, 0.717) is 0 Å². The highest BCUT2D eigenvalue weighted by Crippen LogP contribution is 2.33. The van der Waals surface area contributed by atoms with Gasteiger partial charge in [-0.1, -0.05) is 48.5 Å². The van der Waals surface area contributed by atoms with Crippen molar-refractivity contribution in [1.29, 1.82) is 0 Å². The lowest BCUT2D eigenvalue weighted by molar-refractivity contribution is -0.149. The number of nitrogens with zero attached hydrogens (tertiary/aromatic N) is 2. The molecule has 0 N–H and O–H groups in total. The number of hydrogen-bond acceptors (Lipinski definition) is 4. The fourth-order valence-electron chi connectivity index (χ4n) is 3.69. The van der Waals surface area contributed by atoms with Crippen LogP contribution < -0.4 is 4.90 Å². The Morgan fingerprint density at radius 1 is 1.04 bits per heavy atom. The summed E-state index contributed by atoms with van der Waals surface area (Å²) in [6, 6.07) is 20.6. The van der Waals surface area contributed by atoms with Gasteiger partial charge in [-0.2, -0.15) is 0 Å². The monoisotopic (exact) mass is 338 g/mol. The van der Waals surface area contributed by atoms with Crippen molar-refractivity contribution in [2.45, 2.75) is 24.9 Å². The maximum absolute atomic E-state index is 12.7. The van der Waals surface area contributed by atoms with E-state index in [0.717, 1.165) is 38.2 Å². The molecule has 25 heavy (non-hydrogen) atoms. The molecule has 0 bridgehead atoms. The predicted octanol–water partition coefficient (Wildman–Crippen LogP) is 3.33. The zero-order chi connectivity index (χ0) is 17.7. The highest BCUT2D eigenvalue weighted by Gasteiger charge is 2.46. The number of para-hydroxylation sites is 1. The zero-order valence-electron chi connectivity index (χ0n) is 15.0. The van der Waals surface area contributed by atoms with E-state index in [1.807, 2.05) is 43.4 Å². The van der Waals surface area contributed by atoms with Crippen LogP contribution in [0, 0.1) is 0 Å². The summed E-state index contributed by atoms with van der Waals surface area (Å²) in [6.07, 6.45) is 1.52. The van der Waals surface area contributed by atoms with Gasteiger partial charge in [-0.05, 0) is 30.5 Å². The number of likely N-dealkylation sites (tertiary alicyclic amines) is 1. The van der Waals surface area contributed by atoms with E-state index in [4.69, 9.17) is 4.74 Å². The summed E-state index contributed by atoms with van der Waals surface area (Å²) < 4.78 is 5.19. The molecular weight excluding hydrogens is 312 g/mol. The van der Waals surface area contributed by atoms with Crippen molar-refractivity contribution in [3.63, 3.8) is 0 Å². The van der Waals surface area contributed by atoms with E-state index < -0.39 is 5.54 Å². The summed E-state index contributed by atoms with van der Waals surface area (Å²) in [5, 5.41) is 0. The third-order valence-corrected chi connectivity index (χ3v) is 5.28. The molecule has 1 aliphatic heterocycles. The second-order valence-electron chi connectivity index (χ2n) is 6.68. The van der Waals surface area contributed by atoms with Gasteiger partial charge in [0.25, 0.3) is 0 Å². The molecule has 1 saturated heterocycles. The standard InChI is InChI=1S/C21H26N2O2/c1-22(19-11-7-4-8-12-19)21(20(24)25-2)13-15-23(16-14-21)17-18-9-5-3-6-10-18/h3-12H,13-17H2,1-2H3. The van der Waals surface area contributed by atoms with Crippen LogP contribution in [-0.4, -0.2) is 43.7 Å². The molecule has 4 heteroatoms. The van der Waals surface area contributed by atoms with Gasteiger partial charge in [0.15, 0.2) is 0 Å². The summed E-state index contributed by atoms with van der Waals surface area (Å²) in [5.74, 6) is -0.141. The van der Waals surface area contributed by atoms with Crippen LogP contribution in [0.1, 0.15) is 18.4 Å². The third-order valence-electron chi connectivity index (χ3n) is 5.28. The summed E-state index contributed by atoms with van der Waals surface area (Å²) >= 11 is 0. The van der Waals surface area contributed by atoms with Crippen molar-refractivity contribution in [2.24, 2.45) is 0 Å². The minimum atomic E-state index is -0.594. The Hall–Kier alpha value is -2.33. The van der Waals surface area contributed by atoms with E-state index in [1.165, 1.54) is 12.7 Å². The predicted molar refractivity (Wildman–Crippen MR) is 101 cm³/mol. The largest absolute Gasteiger partial charge is 0.467 e. The van der Waals surface area contributed by atoms with Gasteiger partial charge < -0.3 is 9.64 Å². The highest BCUT2D eigenvalue weighted by atomic mass is 16.5. The lowest BCUT2D eigenvalue weighted by Crippen LogP contribution is -2.59. The van der Waals surface area contributed by atoms with Gasteiger partial charge >= 0.3 is 5.97 Å². The van der Waals surface area contributed by atoms with Gasteiger partial charge in [0.2, 0.25) is 0 Å². The molecule has 0 radical (unpaired) electrons. The van der Waals surface area contributed by atoms with E-state index in [9.17, 15) is 4.79 Å². The molecule has 0 atom stereocenters. The number of likely N-dealkylation sites (N-methyl/N-ethyl adjacent to an activating group) is 1. The first-order chi connectivity index (χ1) is 12.2. The first kappa shape index (κ1) is 17.5. The normalized spacial score (nSPS) is 17.0. The van der Waals surface area contributed by atoms with Gasteiger partial charge in [-0.3, -0.25) is 4.90 Å². The molecule has 0 aliphatic carbocycles. The number of anilines is 1. The molecule has 0 amide bonds. The molecule has 1 heterocycles. The summed E-state index contributed by atoms with van der Waals surface area (Å²) in [5.41, 5.74) is 1.76. The minimum Gasteiger partial charge on any atom is -0.467 e. The molecule has 0 aromatic heterocycles. The maximum Gasteiger partial charge on any atom is 0.331 e. The molecule has 4 nitrogen and oxygen atoms in total. The van der Waals surface area contributed by atoms with Crippen LogP contribution in [0.5, 0.6) is 0 Å². The van der Waals surface area contributed by atoms with Gasteiger partial charge in [0, 0.05) is 32.4 Å². The van der Waals surface area contributed by atoms with Gasteiger partial charge in [0.1, 0.15) is 5.54 Å². The van der Waals surface area contributed by atoms with Crippen LogP contribution in [0.2, 0.25) is 0 Å². The molecule has 0 saturated carbocycles. The number of carbonyl (C=O) groups is 1. The molecule has 2 aromatic rings. The smallest absolute Gasteiger partial charge is 0.331 e. The number of rotatable bonds is 5. The minimum absolute atomic E-state index is 0.141. The molecule has 2 aromatic carbocycles. The van der Waals surface area contributed by atoms with Crippen molar-refractivity contribution in [3.8, 4) is 0 Å². The van der Waals surface area contributed by atoms with Crippen molar-refractivity contribution in [2.75, 3.05) is 32.1 Å². The van der Waals surface area contributed by atoms with Gasteiger partial charge in [-0.25, -0.2) is 4.79 Å². The molecule has 1 aliphatic rings. The van der Waals surface area contributed by atoms with E-state index in [-0.39, 0.29) is 5.97 Å². The number of esters is 1. The average molecular weight is 338 g/mol. The molecule has 0 spiro atoms. The van der Waals surface area contributed by atoms with Crippen LogP contribution in [-0.2, 0) is 16.1 Å². The summed E-state index contributed by atoms with van der Waals surface area (Å²) in [4.78, 5) is 17.2. The second-order valence-corrected chi connectivity index (χ2v) is 6.68. The maximum atomic E-state index is 12.7. The number of piperidine rings is 1. The fraction of sp³-hybridized carbons (Fsp3) is 0.381. The van der Waals surface area contributed by atoms with Crippen molar-refractivity contribution in [3.05, 3.63) is 66.2 Å². The number of methoxy groups -OCH3 is 1. The Bertz CT molecular complexity index is 680. The van der Waals surface area contributed by atoms with Crippen LogP contribution in [0.15, 0.2) is 60.7 Å². The fourth-order valence-corrected chi connectivity index (χ4v) is 3.69. The topological polar surface area (TPSA) is 32.8 Å². The molecule has 3 rings (SSSR count). The van der Waals surface area contributed by atoms with E-state index in [1.54, 1.807) is 0 Å².